The summed E-state index contributed by atoms with van der Waals surface area (Å²) < 4.78 is 34.2. The van der Waals surface area contributed by atoms with Crippen molar-refractivity contribution in [1.29, 1.82) is 0 Å². The molecular formula is C20H30Br4O9. The molecule has 0 saturated carbocycles. The molecule has 5 atom stereocenters. The lowest BCUT2D eigenvalue weighted by atomic mass is 9.98. The average molecular weight is 734 g/mol. The van der Waals surface area contributed by atoms with E-state index in [0.717, 1.165) is 10.7 Å². The Morgan fingerprint density at radius 1 is 0.727 bits per heavy atom. The lowest BCUT2D eigenvalue weighted by molar-refractivity contribution is -0.310. The zero-order valence-corrected chi connectivity index (χ0v) is 25.0. The van der Waals surface area contributed by atoms with Crippen molar-refractivity contribution in [2.24, 2.45) is 11.8 Å². The molecule has 0 aromatic carbocycles. The highest BCUT2D eigenvalue weighted by Gasteiger charge is 2.52. The summed E-state index contributed by atoms with van der Waals surface area (Å²) in [5, 5.41) is 2.79. The summed E-state index contributed by atoms with van der Waals surface area (Å²) in [6, 6.07) is 0. The van der Waals surface area contributed by atoms with Gasteiger partial charge in [0.05, 0.1) is 19.8 Å². The van der Waals surface area contributed by atoms with E-state index < -0.39 is 48.6 Å². The summed E-state index contributed by atoms with van der Waals surface area (Å²) in [5.74, 6) is -1.54. The maximum absolute atomic E-state index is 11.9. The molecule has 0 N–H and O–H groups in total. The van der Waals surface area contributed by atoms with Gasteiger partial charge in [-0.1, -0.05) is 63.7 Å². The van der Waals surface area contributed by atoms with E-state index in [2.05, 4.69) is 63.7 Å². The SMILES string of the molecule is CC(=O)O[C@@H]1[C@@H](OC(C)=O)[C@@H](OCC(CBr)CBr)O[C@H](COCC(CBr)CBr)[C@H]1OC(C)=O. The van der Waals surface area contributed by atoms with Gasteiger partial charge in [-0.25, -0.2) is 0 Å². The fraction of sp³-hybridized carbons (Fsp3) is 0.850. The van der Waals surface area contributed by atoms with E-state index in [1.54, 1.807) is 0 Å². The third-order valence-electron chi connectivity index (χ3n) is 4.50. The topological polar surface area (TPSA) is 107 Å². The zero-order valence-electron chi connectivity index (χ0n) is 18.7. The molecule has 1 fully saturated rings. The summed E-state index contributed by atoms with van der Waals surface area (Å²) in [6.45, 7) is 4.39. The molecule has 1 aliphatic heterocycles. The molecule has 1 saturated heterocycles. The Morgan fingerprint density at radius 3 is 1.67 bits per heavy atom. The molecule has 0 aromatic rings. The van der Waals surface area contributed by atoms with E-state index >= 15 is 0 Å². The normalized spacial score (nSPS) is 25.2. The molecule has 1 aliphatic rings. The van der Waals surface area contributed by atoms with Gasteiger partial charge < -0.3 is 28.4 Å². The molecule has 0 amide bonds. The molecule has 1 rings (SSSR count). The van der Waals surface area contributed by atoms with Crippen molar-refractivity contribution in [3.05, 3.63) is 0 Å². The third kappa shape index (κ3) is 11.2. The molecule has 0 radical (unpaired) electrons. The molecule has 0 unspecified atom stereocenters. The van der Waals surface area contributed by atoms with Crippen molar-refractivity contribution in [3.8, 4) is 0 Å². The second kappa shape index (κ2) is 16.8. The highest BCUT2D eigenvalue weighted by Crippen LogP contribution is 2.30. The second-order valence-electron chi connectivity index (χ2n) is 7.49. The zero-order chi connectivity index (χ0) is 25.0. The molecule has 33 heavy (non-hydrogen) atoms. The maximum Gasteiger partial charge on any atom is 0.303 e. The van der Waals surface area contributed by atoms with Gasteiger partial charge in [0.1, 0.15) is 6.10 Å². The molecule has 0 spiro atoms. The van der Waals surface area contributed by atoms with Crippen molar-refractivity contribution < 1.29 is 42.8 Å². The van der Waals surface area contributed by atoms with Crippen LogP contribution < -0.4 is 0 Å². The molecule has 0 aromatic heterocycles. The minimum Gasteiger partial charge on any atom is -0.456 e. The Labute approximate surface area is 227 Å². The van der Waals surface area contributed by atoms with E-state index in [1.165, 1.54) is 20.8 Å². The number of ether oxygens (including phenoxy) is 6. The molecule has 1 heterocycles. The molecule has 0 bridgehead atoms. The van der Waals surface area contributed by atoms with Gasteiger partial charge in [0.25, 0.3) is 0 Å². The summed E-state index contributed by atoms with van der Waals surface area (Å²) >= 11 is 13.7. The van der Waals surface area contributed by atoms with Gasteiger partial charge in [-0.15, -0.1) is 0 Å². The van der Waals surface area contributed by atoms with Crippen molar-refractivity contribution in [3.63, 3.8) is 0 Å². The van der Waals surface area contributed by atoms with Gasteiger partial charge in [0, 0.05) is 53.9 Å². The molecule has 9 nitrogen and oxygen atoms in total. The van der Waals surface area contributed by atoms with Crippen LogP contribution in [0.4, 0.5) is 0 Å². The number of carbonyl (C=O) groups excluding carboxylic acids is 3. The summed E-state index contributed by atoms with van der Waals surface area (Å²) in [7, 11) is 0. The molecule has 192 valence electrons. The van der Waals surface area contributed by atoms with Crippen LogP contribution in [0.2, 0.25) is 0 Å². The largest absolute Gasteiger partial charge is 0.456 e. The molecule has 0 aliphatic carbocycles. The average Bonchev–Trinajstić information content (AvgIpc) is 2.75. The summed E-state index contributed by atoms with van der Waals surface area (Å²) in [4.78, 5) is 35.6. The number of halogens is 4. The quantitative estimate of drug-likeness (QED) is 0.151. The Bertz CT molecular complexity index is 616. The number of esters is 3. The van der Waals surface area contributed by atoms with Crippen LogP contribution >= 0.6 is 63.7 Å². The highest BCUT2D eigenvalue weighted by molar-refractivity contribution is 9.10. The van der Waals surface area contributed by atoms with Crippen molar-refractivity contribution in [2.75, 3.05) is 41.1 Å². The number of carbonyl (C=O) groups is 3. The number of alkyl halides is 4. The van der Waals surface area contributed by atoms with Crippen LogP contribution in [0.1, 0.15) is 20.8 Å². The van der Waals surface area contributed by atoms with Crippen LogP contribution in [-0.4, -0.2) is 89.8 Å². The van der Waals surface area contributed by atoms with Crippen LogP contribution in [0.25, 0.3) is 0 Å². The smallest absolute Gasteiger partial charge is 0.303 e. The Balaban J connectivity index is 3.20. The van der Waals surface area contributed by atoms with Crippen LogP contribution in [0.5, 0.6) is 0 Å². The lowest BCUT2D eigenvalue weighted by Gasteiger charge is -2.44. The monoisotopic (exact) mass is 730 g/mol. The van der Waals surface area contributed by atoms with E-state index in [1.807, 2.05) is 0 Å². The van der Waals surface area contributed by atoms with Crippen molar-refractivity contribution in [1.82, 2.24) is 0 Å². The van der Waals surface area contributed by atoms with E-state index in [-0.39, 0.29) is 25.0 Å². The van der Waals surface area contributed by atoms with E-state index in [0.29, 0.717) is 17.3 Å². The second-order valence-corrected chi connectivity index (χ2v) is 10.1. The standard InChI is InChI=1S/C20H30Br4O9/c1-11(25)30-17-16(10-28-8-14(4-21)5-22)33-20(29-9-15(6-23)7-24)19(32-13(3)27)18(17)31-12(2)26/h14-20H,4-10H2,1-3H3/t16-,17-,18+,19-,20+/m1/s1. The Kier molecular flexibility index (Phi) is 15.9. The minimum absolute atomic E-state index is 0.0409. The van der Waals surface area contributed by atoms with Gasteiger partial charge in [0.15, 0.2) is 24.6 Å². The number of hydrogen-bond donors (Lipinski definition) is 0. The van der Waals surface area contributed by atoms with Gasteiger partial charge in [0.2, 0.25) is 0 Å². The van der Waals surface area contributed by atoms with Gasteiger partial charge in [-0.05, 0) is 0 Å². The van der Waals surface area contributed by atoms with E-state index in [4.69, 9.17) is 28.4 Å². The lowest BCUT2D eigenvalue weighted by Crippen LogP contribution is -2.63. The summed E-state index contributed by atoms with van der Waals surface area (Å²) in [5.41, 5.74) is 0. The number of rotatable bonds is 14. The first kappa shape index (κ1) is 31.2. The number of hydrogen-bond acceptors (Lipinski definition) is 9. The molecule has 13 heteroatoms. The van der Waals surface area contributed by atoms with Gasteiger partial charge >= 0.3 is 17.9 Å². The van der Waals surface area contributed by atoms with Crippen molar-refractivity contribution in [2.45, 2.75) is 51.5 Å². The van der Waals surface area contributed by atoms with Gasteiger partial charge in [-0.3, -0.25) is 14.4 Å². The predicted octanol–water partition coefficient (Wildman–Crippen LogP) is 3.35. The summed E-state index contributed by atoms with van der Waals surface area (Å²) in [6.07, 6.45) is -5.24. The van der Waals surface area contributed by atoms with Gasteiger partial charge in [-0.2, -0.15) is 0 Å². The maximum atomic E-state index is 11.9. The fourth-order valence-corrected chi connectivity index (χ4v) is 5.86. The Morgan fingerprint density at radius 2 is 1.18 bits per heavy atom. The third-order valence-corrected chi connectivity index (χ3v) is 8.16. The predicted molar refractivity (Wildman–Crippen MR) is 134 cm³/mol. The first-order valence-corrected chi connectivity index (χ1v) is 14.8. The van der Waals surface area contributed by atoms with Crippen molar-refractivity contribution >= 4 is 81.6 Å². The fourth-order valence-electron chi connectivity index (χ4n) is 2.97. The molecular weight excluding hydrogens is 704 g/mol. The van der Waals surface area contributed by atoms with Crippen LogP contribution in [0.15, 0.2) is 0 Å². The van der Waals surface area contributed by atoms with E-state index in [9.17, 15) is 14.4 Å². The first-order valence-electron chi connectivity index (χ1n) is 10.3. The first-order chi connectivity index (χ1) is 15.7. The van der Waals surface area contributed by atoms with Crippen LogP contribution in [-0.2, 0) is 42.8 Å². The van der Waals surface area contributed by atoms with Crippen LogP contribution in [0.3, 0.4) is 0 Å². The van der Waals surface area contributed by atoms with Crippen LogP contribution in [0, 0.1) is 11.8 Å². The highest BCUT2D eigenvalue weighted by atomic mass is 79.9. The minimum atomic E-state index is -1.14. The Hall–Kier alpha value is 0.210.